The first kappa shape index (κ1) is 11.6. The fourth-order valence-electron chi connectivity index (χ4n) is 0.863. The van der Waals surface area contributed by atoms with Crippen molar-refractivity contribution in [3.05, 3.63) is 24.5 Å². The van der Waals surface area contributed by atoms with Gasteiger partial charge in [0.25, 0.3) is 0 Å². The zero-order chi connectivity index (χ0) is 10.4. The molecule has 0 aliphatic rings. The molecule has 0 saturated carbocycles. The van der Waals surface area contributed by atoms with Crippen LogP contribution in [0.25, 0.3) is 0 Å². The van der Waals surface area contributed by atoms with E-state index in [4.69, 9.17) is 0 Å². The van der Waals surface area contributed by atoms with E-state index in [1.807, 2.05) is 0 Å². The second kappa shape index (κ2) is 5.43. The van der Waals surface area contributed by atoms with Gasteiger partial charge in [-0.3, -0.25) is 4.98 Å². The zero-order valence-electron chi connectivity index (χ0n) is 7.48. The van der Waals surface area contributed by atoms with Crippen LogP contribution in [-0.2, 0) is 10.0 Å². The summed E-state index contributed by atoms with van der Waals surface area (Å²) in [6.45, 7) is 0.433. The summed E-state index contributed by atoms with van der Waals surface area (Å²) in [4.78, 5) is 3.95. The lowest BCUT2D eigenvalue weighted by molar-refractivity contribution is 0.580. The lowest BCUT2D eigenvalue weighted by Gasteiger charge is -2.04. The van der Waals surface area contributed by atoms with Crippen LogP contribution in [0.1, 0.15) is 6.42 Å². The first-order valence-corrected chi connectivity index (χ1v) is 6.73. The summed E-state index contributed by atoms with van der Waals surface area (Å²) in [6, 6.07) is 3.11. The molecule has 1 aromatic heterocycles. The zero-order valence-corrected chi connectivity index (χ0v) is 9.88. The normalized spacial score (nSPS) is 11.5. The molecule has 0 aliphatic carbocycles. The highest BCUT2D eigenvalue weighted by Crippen LogP contribution is 2.04. The van der Waals surface area contributed by atoms with Crippen LogP contribution in [0.5, 0.6) is 0 Å². The highest BCUT2D eigenvalue weighted by Gasteiger charge is 2.11. The Kier molecular flexibility index (Phi) is 4.50. The summed E-state index contributed by atoms with van der Waals surface area (Å²) < 4.78 is 25.6. The van der Waals surface area contributed by atoms with Crippen molar-refractivity contribution in [2.45, 2.75) is 11.3 Å². The highest BCUT2D eigenvalue weighted by molar-refractivity contribution is 9.09. The second-order valence-electron chi connectivity index (χ2n) is 2.63. The SMILES string of the molecule is O=S(=O)(NCCCBr)c1cccnc1. The van der Waals surface area contributed by atoms with Crippen molar-refractivity contribution in [1.29, 1.82) is 0 Å². The van der Waals surface area contributed by atoms with Gasteiger partial charge in [0.2, 0.25) is 10.0 Å². The molecule has 0 bridgehead atoms. The van der Waals surface area contributed by atoms with Gasteiger partial charge in [0.05, 0.1) is 0 Å². The molecular formula is C8H11BrN2O2S. The fraction of sp³-hybridized carbons (Fsp3) is 0.375. The summed E-state index contributed by atoms with van der Waals surface area (Å²) in [6.07, 6.45) is 3.63. The topological polar surface area (TPSA) is 59.1 Å². The Hall–Kier alpha value is -0.460. The highest BCUT2D eigenvalue weighted by atomic mass is 79.9. The van der Waals surface area contributed by atoms with Gasteiger partial charge in [-0.05, 0) is 18.6 Å². The van der Waals surface area contributed by atoms with Gasteiger partial charge in [0, 0.05) is 24.3 Å². The molecule has 0 aliphatic heterocycles. The van der Waals surface area contributed by atoms with Crippen LogP contribution in [0, 0.1) is 0 Å². The number of pyridine rings is 1. The molecule has 0 saturated heterocycles. The minimum atomic E-state index is -3.37. The summed E-state index contributed by atoms with van der Waals surface area (Å²) in [5, 5.41) is 0.780. The maximum absolute atomic E-state index is 11.5. The number of hydrogen-bond acceptors (Lipinski definition) is 3. The number of aromatic nitrogens is 1. The number of nitrogens with one attached hydrogen (secondary N) is 1. The van der Waals surface area contributed by atoms with Crippen molar-refractivity contribution >= 4 is 26.0 Å². The molecule has 0 spiro atoms. The van der Waals surface area contributed by atoms with Crippen molar-refractivity contribution in [3.63, 3.8) is 0 Å². The van der Waals surface area contributed by atoms with Crippen LogP contribution in [0.2, 0.25) is 0 Å². The van der Waals surface area contributed by atoms with Crippen LogP contribution in [0.3, 0.4) is 0 Å². The lowest BCUT2D eigenvalue weighted by atomic mass is 10.5. The van der Waals surface area contributed by atoms with Gasteiger partial charge in [-0.25, -0.2) is 13.1 Å². The van der Waals surface area contributed by atoms with Crippen molar-refractivity contribution in [2.24, 2.45) is 0 Å². The minimum absolute atomic E-state index is 0.203. The van der Waals surface area contributed by atoms with Gasteiger partial charge in [-0.2, -0.15) is 0 Å². The molecule has 1 aromatic rings. The Morgan fingerprint density at radius 3 is 2.86 bits per heavy atom. The summed E-state index contributed by atoms with van der Waals surface area (Å²) in [5.74, 6) is 0. The Labute approximate surface area is 91.9 Å². The molecular weight excluding hydrogens is 268 g/mol. The number of nitrogens with zero attached hydrogens (tertiary/aromatic N) is 1. The van der Waals surface area contributed by atoms with E-state index in [2.05, 4.69) is 25.6 Å². The second-order valence-corrected chi connectivity index (χ2v) is 5.19. The van der Waals surface area contributed by atoms with E-state index in [1.54, 1.807) is 6.07 Å². The first-order chi connectivity index (χ1) is 6.67. The molecule has 0 unspecified atom stereocenters. The number of alkyl halides is 1. The fourth-order valence-corrected chi connectivity index (χ4v) is 2.18. The van der Waals surface area contributed by atoms with Gasteiger partial charge in [-0.15, -0.1) is 0 Å². The third-order valence-electron chi connectivity index (χ3n) is 1.55. The van der Waals surface area contributed by atoms with E-state index in [1.165, 1.54) is 18.5 Å². The molecule has 0 amide bonds. The van der Waals surface area contributed by atoms with Crippen molar-refractivity contribution in [2.75, 3.05) is 11.9 Å². The number of halogens is 1. The van der Waals surface area contributed by atoms with Crippen LogP contribution in [0.4, 0.5) is 0 Å². The number of rotatable bonds is 5. The van der Waals surface area contributed by atoms with Crippen molar-refractivity contribution in [3.8, 4) is 0 Å². The first-order valence-electron chi connectivity index (χ1n) is 4.12. The predicted molar refractivity (Wildman–Crippen MR) is 57.8 cm³/mol. The molecule has 6 heteroatoms. The van der Waals surface area contributed by atoms with Gasteiger partial charge in [-0.1, -0.05) is 15.9 Å². The molecule has 14 heavy (non-hydrogen) atoms. The summed E-state index contributed by atoms with van der Waals surface area (Å²) in [7, 11) is -3.37. The lowest BCUT2D eigenvalue weighted by Crippen LogP contribution is -2.25. The Morgan fingerprint density at radius 2 is 2.29 bits per heavy atom. The maximum Gasteiger partial charge on any atom is 0.242 e. The minimum Gasteiger partial charge on any atom is -0.263 e. The van der Waals surface area contributed by atoms with E-state index < -0.39 is 10.0 Å². The van der Waals surface area contributed by atoms with Gasteiger partial charge in [0.1, 0.15) is 4.90 Å². The van der Waals surface area contributed by atoms with E-state index in [-0.39, 0.29) is 4.90 Å². The molecule has 1 rings (SSSR count). The number of hydrogen-bond donors (Lipinski definition) is 1. The predicted octanol–water partition coefficient (Wildman–Crippen LogP) is 1.14. The summed E-state index contributed by atoms with van der Waals surface area (Å²) >= 11 is 3.23. The van der Waals surface area contributed by atoms with E-state index in [9.17, 15) is 8.42 Å². The quantitative estimate of drug-likeness (QED) is 0.649. The monoisotopic (exact) mass is 278 g/mol. The molecule has 0 aromatic carbocycles. The molecule has 1 N–H and O–H groups in total. The molecule has 0 atom stereocenters. The molecule has 0 radical (unpaired) electrons. The largest absolute Gasteiger partial charge is 0.263 e. The van der Waals surface area contributed by atoms with Gasteiger partial charge >= 0.3 is 0 Å². The van der Waals surface area contributed by atoms with E-state index in [0.29, 0.717) is 6.54 Å². The van der Waals surface area contributed by atoms with Crippen LogP contribution < -0.4 is 4.72 Å². The van der Waals surface area contributed by atoms with Crippen LogP contribution in [-0.4, -0.2) is 25.3 Å². The smallest absolute Gasteiger partial charge is 0.242 e. The standard InChI is InChI=1S/C8H11BrN2O2S/c9-4-2-6-11-14(12,13)8-3-1-5-10-7-8/h1,3,5,7,11H,2,4,6H2. The molecule has 0 fully saturated rings. The average molecular weight is 279 g/mol. The maximum atomic E-state index is 11.5. The Balaban J connectivity index is 2.67. The summed E-state index contributed by atoms with van der Waals surface area (Å²) in [5.41, 5.74) is 0. The third kappa shape index (κ3) is 3.36. The van der Waals surface area contributed by atoms with Crippen LogP contribution in [0.15, 0.2) is 29.4 Å². The molecule has 1 heterocycles. The third-order valence-corrected chi connectivity index (χ3v) is 3.55. The molecule has 78 valence electrons. The van der Waals surface area contributed by atoms with E-state index >= 15 is 0 Å². The van der Waals surface area contributed by atoms with E-state index in [0.717, 1.165) is 11.8 Å². The Bertz CT molecular complexity index is 366. The van der Waals surface area contributed by atoms with Crippen molar-refractivity contribution < 1.29 is 8.42 Å². The number of sulfonamides is 1. The van der Waals surface area contributed by atoms with Gasteiger partial charge in [0.15, 0.2) is 0 Å². The molecule has 4 nitrogen and oxygen atoms in total. The van der Waals surface area contributed by atoms with Crippen LogP contribution >= 0.6 is 15.9 Å². The Morgan fingerprint density at radius 1 is 1.50 bits per heavy atom. The van der Waals surface area contributed by atoms with Crippen molar-refractivity contribution in [1.82, 2.24) is 9.71 Å². The van der Waals surface area contributed by atoms with Gasteiger partial charge < -0.3 is 0 Å². The average Bonchev–Trinajstić information content (AvgIpc) is 2.19.